The van der Waals surface area contributed by atoms with Crippen molar-refractivity contribution in [1.29, 1.82) is 0 Å². The summed E-state index contributed by atoms with van der Waals surface area (Å²) in [6.07, 6.45) is 3.34. The van der Waals surface area contributed by atoms with Crippen LogP contribution >= 0.6 is 23.2 Å². The van der Waals surface area contributed by atoms with Crippen molar-refractivity contribution in [2.24, 2.45) is 0 Å². The largest absolute Gasteiger partial charge is 0.485 e. The van der Waals surface area contributed by atoms with E-state index in [1.807, 2.05) is 18.2 Å². The number of benzene rings is 2. The van der Waals surface area contributed by atoms with Gasteiger partial charge in [0.05, 0.1) is 0 Å². The fourth-order valence-electron chi connectivity index (χ4n) is 2.59. The third kappa shape index (κ3) is 3.39. The van der Waals surface area contributed by atoms with Crippen molar-refractivity contribution in [3.8, 4) is 5.75 Å². The van der Waals surface area contributed by atoms with Gasteiger partial charge in [0.15, 0.2) is 12.4 Å². The Labute approximate surface area is 133 Å². The molecule has 0 fully saturated rings. The molecule has 0 atom stereocenters. The van der Waals surface area contributed by atoms with E-state index in [-0.39, 0.29) is 12.4 Å². The van der Waals surface area contributed by atoms with Crippen molar-refractivity contribution in [3.63, 3.8) is 0 Å². The van der Waals surface area contributed by atoms with Gasteiger partial charge in [0.1, 0.15) is 5.75 Å². The third-order valence-electron chi connectivity index (χ3n) is 3.63. The fourth-order valence-corrected chi connectivity index (χ4v) is 3.10. The minimum absolute atomic E-state index is 0.0184. The second-order valence-corrected chi connectivity index (χ2v) is 6.03. The molecule has 0 unspecified atom stereocenters. The number of rotatable bonds is 4. The fraction of sp³-hybridized carbons (Fsp3) is 0.235. The maximum Gasteiger partial charge on any atom is 0.200 e. The van der Waals surface area contributed by atoms with Gasteiger partial charge in [-0.25, -0.2) is 0 Å². The zero-order valence-electron chi connectivity index (χ0n) is 11.4. The van der Waals surface area contributed by atoms with Crippen LogP contribution in [0.15, 0.2) is 36.4 Å². The van der Waals surface area contributed by atoms with Crippen LogP contribution in [0.4, 0.5) is 0 Å². The van der Waals surface area contributed by atoms with Crippen LogP contribution in [0.5, 0.6) is 5.75 Å². The van der Waals surface area contributed by atoms with E-state index in [1.165, 1.54) is 17.5 Å². The highest BCUT2D eigenvalue weighted by Gasteiger charge is 2.14. The summed E-state index contributed by atoms with van der Waals surface area (Å²) in [7, 11) is 0. The van der Waals surface area contributed by atoms with Gasteiger partial charge in [-0.3, -0.25) is 4.79 Å². The molecule has 0 aliphatic heterocycles. The number of halogens is 2. The highest BCUT2D eigenvalue weighted by atomic mass is 35.5. The lowest BCUT2D eigenvalue weighted by atomic mass is 10.0. The number of carbonyl (C=O) groups excluding carboxylic acids is 1. The molecule has 2 aromatic rings. The van der Waals surface area contributed by atoms with E-state index in [9.17, 15) is 4.79 Å². The molecule has 0 amide bonds. The lowest BCUT2D eigenvalue weighted by Crippen LogP contribution is -2.12. The average molecular weight is 321 g/mol. The number of ketones is 1. The first kappa shape index (κ1) is 14.4. The molecule has 0 bridgehead atoms. The molecule has 108 valence electrons. The molecule has 1 aliphatic carbocycles. The zero-order chi connectivity index (χ0) is 14.8. The van der Waals surface area contributed by atoms with Crippen LogP contribution in [-0.2, 0) is 12.8 Å². The summed E-state index contributed by atoms with van der Waals surface area (Å²) < 4.78 is 5.48. The lowest BCUT2D eigenvalue weighted by Gasteiger charge is -2.08. The number of Topliss-reactive ketones (excluding diaryl/α,β-unsaturated/α-hetero) is 1. The number of hydrogen-bond donors (Lipinski definition) is 0. The summed E-state index contributed by atoms with van der Waals surface area (Å²) in [6, 6.07) is 10.8. The van der Waals surface area contributed by atoms with E-state index >= 15 is 0 Å². The van der Waals surface area contributed by atoms with Crippen LogP contribution in [0, 0.1) is 0 Å². The molecule has 0 N–H and O–H groups in total. The molecule has 0 saturated heterocycles. The number of ether oxygens (including phenoxy) is 1. The lowest BCUT2D eigenvalue weighted by molar-refractivity contribution is 0.0921. The summed E-state index contributed by atoms with van der Waals surface area (Å²) >= 11 is 11.8. The minimum atomic E-state index is -0.0409. The molecule has 21 heavy (non-hydrogen) atoms. The van der Waals surface area contributed by atoms with Crippen molar-refractivity contribution < 1.29 is 9.53 Å². The van der Waals surface area contributed by atoms with Crippen LogP contribution < -0.4 is 4.74 Å². The Kier molecular flexibility index (Phi) is 4.18. The second kappa shape index (κ2) is 6.08. The maximum absolute atomic E-state index is 12.2. The quantitative estimate of drug-likeness (QED) is 0.760. The molecule has 0 saturated carbocycles. The predicted molar refractivity (Wildman–Crippen MR) is 84.8 cm³/mol. The molecular weight excluding hydrogens is 307 g/mol. The van der Waals surface area contributed by atoms with Gasteiger partial charge < -0.3 is 4.74 Å². The Morgan fingerprint density at radius 2 is 1.71 bits per heavy atom. The van der Waals surface area contributed by atoms with Gasteiger partial charge in [0, 0.05) is 15.6 Å². The highest BCUT2D eigenvalue weighted by molar-refractivity contribution is 6.34. The minimum Gasteiger partial charge on any atom is -0.485 e. The topological polar surface area (TPSA) is 26.3 Å². The normalized spacial score (nSPS) is 13.0. The van der Waals surface area contributed by atoms with Crippen LogP contribution in [-0.4, -0.2) is 12.4 Å². The summed E-state index contributed by atoms with van der Waals surface area (Å²) in [6.45, 7) is -0.0184. The monoisotopic (exact) mass is 320 g/mol. The maximum atomic E-state index is 12.2. The number of aryl methyl sites for hydroxylation is 2. The van der Waals surface area contributed by atoms with Crippen molar-refractivity contribution in [2.45, 2.75) is 19.3 Å². The van der Waals surface area contributed by atoms with Crippen molar-refractivity contribution >= 4 is 29.0 Å². The van der Waals surface area contributed by atoms with Crippen molar-refractivity contribution in [3.05, 3.63) is 63.1 Å². The predicted octanol–water partition coefficient (Wildman–Crippen LogP) is 4.74. The Morgan fingerprint density at radius 1 is 1.00 bits per heavy atom. The van der Waals surface area contributed by atoms with E-state index < -0.39 is 0 Å². The number of carbonyl (C=O) groups is 1. The molecule has 4 heteroatoms. The highest BCUT2D eigenvalue weighted by Crippen LogP contribution is 2.25. The van der Waals surface area contributed by atoms with Crippen LogP contribution in [0.25, 0.3) is 0 Å². The molecule has 0 heterocycles. The van der Waals surface area contributed by atoms with E-state index in [0.717, 1.165) is 12.8 Å². The average Bonchev–Trinajstić information content (AvgIpc) is 2.91. The molecule has 0 radical (unpaired) electrons. The number of fused-ring (bicyclic) bond motifs is 1. The Bertz CT molecular complexity index is 675. The third-order valence-corrected chi connectivity index (χ3v) is 4.06. The summed E-state index contributed by atoms with van der Waals surface area (Å²) in [5, 5.41) is 0.977. The molecule has 0 aromatic heterocycles. The second-order valence-electron chi connectivity index (χ2n) is 5.15. The Hall–Kier alpha value is -1.51. The van der Waals surface area contributed by atoms with E-state index in [2.05, 4.69) is 0 Å². The van der Waals surface area contributed by atoms with Crippen LogP contribution in [0.2, 0.25) is 10.0 Å². The first-order valence-electron chi connectivity index (χ1n) is 6.86. The van der Waals surface area contributed by atoms with E-state index in [4.69, 9.17) is 27.9 Å². The zero-order valence-corrected chi connectivity index (χ0v) is 12.9. The van der Waals surface area contributed by atoms with Gasteiger partial charge in [-0.15, -0.1) is 0 Å². The summed E-state index contributed by atoms with van der Waals surface area (Å²) in [5.41, 5.74) is 3.34. The smallest absolute Gasteiger partial charge is 0.200 e. The SMILES string of the molecule is O=C(COc1cc(Cl)cc(Cl)c1)c1ccc2c(c1)CCC2. The Balaban J connectivity index is 1.69. The van der Waals surface area contributed by atoms with Gasteiger partial charge in [0.25, 0.3) is 0 Å². The van der Waals surface area contributed by atoms with Crippen LogP contribution in [0.1, 0.15) is 27.9 Å². The number of hydrogen-bond acceptors (Lipinski definition) is 2. The molecule has 3 rings (SSSR count). The van der Waals surface area contributed by atoms with Crippen LogP contribution in [0.3, 0.4) is 0 Å². The molecule has 1 aliphatic rings. The molecule has 2 nitrogen and oxygen atoms in total. The van der Waals surface area contributed by atoms with Gasteiger partial charge in [-0.1, -0.05) is 35.3 Å². The molecule has 2 aromatic carbocycles. The standard InChI is InChI=1S/C17H14Cl2O2/c18-14-7-15(19)9-16(8-14)21-10-17(20)13-5-4-11-2-1-3-12(11)6-13/h4-9H,1-3,10H2. The Morgan fingerprint density at radius 3 is 2.48 bits per heavy atom. The first-order chi connectivity index (χ1) is 10.1. The van der Waals surface area contributed by atoms with Gasteiger partial charge >= 0.3 is 0 Å². The van der Waals surface area contributed by atoms with E-state index in [1.54, 1.807) is 18.2 Å². The van der Waals surface area contributed by atoms with Gasteiger partial charge in [-0.05, 0) is 54.7 Å². The molecule has 0 spiro atoms. The van der Waals surface area contributed by atoms with Crippen molar-refractivity contribution in [2.75, 3.05) is 6.61 Å². The molecular formula is C17H14Cl2O2. The van der Waals surface area contributed by atoms with E-state index in [0.29, 0.717) is 21.4 Å². The summed E-state index contributed by atoms with van der Waals surface area (Å²) in [4.78, 5) is 12.2. The van der Waals surface area contributed by atoms with Gasteiger partial charge in [0.2, 0.25) is 0 Å². The first-order valence-corrected chi connectivity index (χ1v) is 7.61. The van der Waals surface area contributed by atoms with Gasteiger partial charge in [-0.2, -0.15) is 0 Å². The van der Waals surface area contributed by atoms with Crippen molar-refractivity contribution in [1.82, 2.24) is 0 Å². The summed E-state index contributed by atoms with van der Waals surface area (Å²) in [5.74, 6) is 0.461.